The maximum atomic E-state index is 2.23. The third-order valence-electron chi connectivity index (χ3n) is 0. The van der Waals surface area contributed by atoms with Crippen molar-refractivity contribution in [3.63, 3.8) is 0 Å². The predicted molar refractivity (Wildman–Crippen MR) is 98.8 cm³/mol. The standard InChI is InChI=1S/4C3H9P.Co/c4*1-4(2)3;/h4*1-3H3;. The molecule has 0 spiro atoms. The van der Waals surface area contributed by atoms with Gasteiger partial charge in [0.25, 0.3) is 0 Å². The van der Waals surface area contributed by atoms with Crippen molar-refractivity contribution >= 4 is 31.7 Å². The molecule has 0 aliphatic heterocycles. The van der Waals surface area contributed by atoms with Gasteiger partial charge in [-0.05, 0) is 80.0 Å². The van der Waals surface area contributed by atoms with Crippen molar-refractivity contribution in [1.82, 2.24) is 0 Å². The van der Waals surface area contributed by atoms with Gasteiger partial charge in [0.15, 0.2) is 0 Å². The first-order valence-corrected chi connectivity index (χ1v) is 16.1. The first-order chi connectivity index (χ1) is 6.93. The molecule has 17 heavy (non-hydrogen) atoms. The summed E-state index contributed by atoms with van der Waals surface area (Å²) in [5, 5.41) is 0. The molecule has 5 heteroatoms. The molecule has 0 aromatic carbocycles. The summed E-state index contributed by atoms with van der Waals surface area (Å²) in [6.07, 6.45) is 0. The van der Waals surface area contributed by atoms with E-state index in [0.717, 1.165) is 0 Å². The van der Waals surface area contributed by atoms with Crippen molar-refractivity contribution in [2.45, 2.75) is 0 Å². The first kappa shape index (κ1) is 31.6. The Morgan fingerprint density at radius 1 is 0.294 bits per heavy atom. The van der Waals surface area contributed by atoms with Gasteiger partial charge >= 0.3 is 0 Å². The van der Waals surface area contributed by atoms with Crippen LogP contribution >= 0.6 is 31.7 Å². The van der Waals surface area contributed by atoms with Crippen LogP contribution in [0.5, 0.6) is 0 Å². The normalized spacial score (nSPS) is 8.47. The Morgan fingerprint density at radius 2 is 0.294 bits per heavy atom. The van der Waals surface area contributed by atoms with Crippen LogP contribution in [0, 0.1) is 0 Å². The van der Waals surface area contributed by atoms with E-state index in [1.165, 1.54) is 0 Å². The summed E-state index contributed by atoms with van der Waals surface area (Å²) in [4.78, 5) is 0. The zero-order valence-electron chi connectivity index (χ0n) is 14.1. The maximum Gasteiger partial charge on any atom is 0 e. The van der Waals surface area contributed by atoms with Gasteiger partial charge in [0.2, 0.25) is 0 Å². The van der Waals surface area contributed by atoms with E-state index in [9.17, 15) is 0 Å². The molecule has 1 radical (unpaired) electrons. The molecule has 0 atom stereocenters. The molecule has 0 N–H and O–H groups in total. The fourth-order valence-corrected chi connectivity index (χ4v) is 0. The van der Waals surface area contributed by atoms with Gasteiger partial charge in [0.1, 0.15) is 0 Å². The molecule has 0 saturated carbocycles. The topological polar surface area (TPSA) is 0 Å². The molecule has 0 rings (SSSR count). The van der Waals surface area contributed by atoms with Crippen molar-refractivity contribution in [1.29, 1.82) is 0 Å². The van der Waals surface area contributed by atoms with Crippen LogP contribution in [0.1, 0.15) is 0 Å². The van der Waals surface area contributed by atoms with Crippen LogP contribution < -0.4 is 0 Å². The van der Waals surface area contributed by atoms with Gasteiger partial charge in [-0.3, -0.25) is 0 Å². The molecular formula is C12H36CoP4. The first-order valence-electron chi connectivity index (χ1n) is 5.37. The molecule has 0 unspecified atom stereocenters. The summed E-state index contributed by atoms with van der Waals surface area (Å²) in [7, 11) is 1.52. The third-order valence-corrected chi connectivity index (χ3v) is 0. The fourth-order valence-electron chi connectivity index (χ4n) is 0. The quantitative estimate of drug-likeness (QED) is 0.504. The Labute approximate surface area is 128 Å². The van der Waals surface area contributed by atoms with Crippen molar-refractivity contribution in [2.75, 3.05) is 80.0 Å². The summed E-state index contributed by atoms with van der Waals surface area (Å²) in [5.41, 5.74) is 0. The van der Waals surface area contributed by atoms with E-state index in [2.05, 4.69) is 80.0 Å². The summed E-state index contributed by atoms with van der Waals surface area (Å²) < 4.78 is 0. The molecule has 0 aromatic rings. The van der Waals surface area contributed by atoms with Crippen LogP contribution in [-0.2, 0) is 16.8 Å². The second-order valence-electron chi connectivity index (χ2n) is 5.37. The Bertz CT molecular complexity index is 61.5. The molecule has 0 aliphatic carbocycles. The second-order valence-corrected chi connectivity index (χ2v) is 16.1. The van der Waals surface area contributed by atoms with E-state index in [1.807, 2.05) is 0 Å². The van der Waals surface area contributed by atoms with Crippen molar-refractivity contribution in [3.8, 4) is 0 Å². The van der Waals surface area contributed by atoms with Gasteiger partial charge in [-0.2, -0.15) is 0 Å². The zero-order chi connectivity index (χ0) is 14.3. The van der Waals surface area contributed by atoms with Crippen molar-refractivity contribution < 1.29 is 16.8 Å². The van der Waals surface area contributed by atoms with Crippen LogP contribution in [0.4, 0.5) is 0 Å². The predicted octanol–water partition coefficient (Wildman–Crippen LogP) is 5.43. The average molecular weight is 363 g/mol. The zero-order valence-corrected chi connectivity index (χ0v) is 18.7. The number of hydrogen-bond donors (Lipinski definition) is 0. The van der Waals surface area contributed by atoms with Crippen LogP contribution in [-0.4, -0.2) is 80.0 Å². The Morgan fingerprint density at radius 3 is 0.294 bits per heavy atom. The largest absolute Gasteiger partial charge is 0.116 e. The van der Waals surface area contributed by atoms with E-state index < -0.39 is 0 Å². The van der Waals surface area contributed by atoms with Crippen LogP contribution in [0.15, 0.2) is 0 Å². The van der Waals surface area contributed by atoms with E-state index in [-0.39, 0.29) is 16.8 Å². The van der Waals surface area contributed by atoms with Crippen LogP contribution in [0.3, 0.4) is 0 Å². The molecule has 0 saturated heterocycles. The molecule has 0 aliphatic rings. The van der Waals surface area contributed by atoms with Crippen molar-refractivity contribution in [3.05, 3.63) is 0 Å². The minimum absolute atomic E-state index is 0. The fraction of sp³-hybridized carbons (Fsp3) is 1.00. The molecule has 0 bridgehead atoms. The maximum absolute atomic E-state index is 2.23. The molecule has 0 aromatic heterocycles. The smallest absolute Gasteiger partial charge is 0 e. The Hall–Kier alpha value is 2.23. The minimum atomic E-state index is 0. The molecular weight excluding hydrogens is 327 g/mol. The van der Waals surface area contributed by atoms with E-state index in [4.69, 9.17) is 0 Å². The van der Waals surface area contributed by atoms with E-state index >= 15 is 0 Å². The molecule has 0 heterocycles. The van der Waals surface area contributed by atoms with Gasteiger partial charge < -0.3 is 0 Å². The summed E-state index contributed by atoms with van der Waals surface area (Å²) in [5.74, 6) is 0. The average Bonchev–Trinajstić information content (AvgIpc) is 1.76. The SMILES string of the molecule is CP(C)C.CP(C)C.CP(C)C.CP(C)C.[Co]. The monoisotopic (exact) mass is 363 g/mol. The molecule has 0 fully saturated rings. The second kappa shape index (κ2) is 26.7. The van der Waals surface area contributed by atoms with Crippen LogP contribution in [0.2, 0.25) is 0 Å². The van der Waals surface area contributed by atoms with E-state index in [0.29, 0.717) is 31.7 Å². The summed E-state index contributed by atoms with van der Waals surface area (Å²) >= 11 is 0. The summed E-state index contributed by atoms with van der Waals surface area (Å²) in [6.45, 7) is 26.8. The van der Waals surface area contributed by atoms with Gasteiger partial charge in [0, 0.05) is 16.8 Å². The Balaban J connectivity index is -0.0000000369. The van der Waals surface area contributed by atoms with Gasteiger partial charge in [-0.25, -0.2) is 0 Å². The third kappa shape index (κ3) is 968. The molecule has 113 valence electrons. The van der Waals surface area contributed by atoms with E-state index in [1.54, 1.807) is 0 Å². The number of hydrogen-bond acceptors (Lipinski definition) is 0. The minimum Gasteiger partial charge on any atom is -0.116 e. The van der Waals surface area contributed by atoms with Gasteiger partial charge in [0.05, 0.1) is 0 Å². The van der Waals surface area contributed by atoms with Gasteiger partial charge in [-0.1, -0.05) is 0 Å². The molecule has 0 nitrogen and oxygen atoms in total. The Kier molecular flexibility index (Phi) is 49.6. The van der Waals surface area contributed by atoms with Gasteiger partial charge in [-0.15, -0.1) is 31.7 Å². The van der Waals surface area contributed by atoms with Crippen LogP contribution in [0.25, 0.3) is 0 Å². The summed E-state index contributed by atoms with van der Waals surface area (Å²) in [6, 6.07) is 0. The number of rotatable bonds is 0. The molecule has 0 amide bonds. The van der Waals surface area contributed by atoms with Crippen molar-refractivity contribution in [2.24, 2.45) is 0 Å².